The van der Waals surface area contributed by atoms with Crippen LogP contribution < -0.4 is 14.8 Å². The van der Waals surface area contributed by atoms with Crippen LogP contribution in [0.5, 0.6) is 5.75 Å². The zero-order valence-corrected chi connectivity index (χ0v) is 12.2. The monoisotopic (exact) mass is 302 g/mol. The van der Waals surface area contributed by atoms with Crippen molar-refractivity contribution in [2.75, 3.05) is 25.9 Å². The molecule has 1 unspecified atom stereocenters. The van der Waals surface area contributed by atoms with Crippen LogP contribution in [-0.2, 0) is 16.4 Å². The number of rotatable bonds is 7. The Bertz CT molecular complexity index is 563. The van der Waals surface area contributed by atoms with Crippen molar-refractivity contribution >= 4 is 10.0 Å². The van der Waals surface area contributed by atoms with Gasteiger partial charge in [-0.2, -0.15) is 0 Å². The minimum Gasteiger partial charge on any atom is -0.488 e. The quantitative estimate of drug-likeness (QED) is 0.726. The van der Waals surface area contributed by atoms with Crippen molar-refractivity contribution in [3.05, 3.63) is 29.6 Å². The second kappa shape index (κ2) is 6.51. The lowest BCUT2D eigenvalue weighted by molar-refractivity contribution is 0.227. The summed E-state index contributed by atoms with van der Waals surface area (Å²) in [5.41, 5.74) is 0.899. The van der Waals surface area contributed by atoms with Gasteiger partial charge in [0.05, 0.1) is 6.26 Å². The van der Waals surface area contributed by atoms with Crippen molar-refractivity contribution < 1.29 is 17.5 Å². The maximum atomic E-state index is 13.0. The van der Waals surface area contributed by atoms with Gasteiger partial charge in [-0.25, -0.2) is 17.5 Å². The number of halogens is 1. The Labute approximate surface area is 118 Å². The Hall–Kier alpha value is -1.18. The first-order chi connectivity index (χ1) is 9.44. The fourth-order valence-electron chi connectivity index (χ4n) is 2.14. The molecule has 1 heterocycles. The van der Waals surface area contributed by atoms with E-state index in [2.05, 4.69) is 10.0 Å². The molecule has 1 atom stereocenters. The third-order valence-corrected chi connectivity index (χ3v) is 3.76. The summed E-state index contributed by atoms with van der Waals surface area (Å²) in [6, 6.07) is 4.55. The van der Waals surface area contributed by atoms with Gasteiger partial charge in [-0.15, -0.1) is 0 Å². The fourth-order valence-corrected chi connectivity index (χ4v) is 2.65. The molecular weight excluding hydrogens is 283 g/mol. The van der Waals surface area contributed by atoms with E-state index < -0.39 is 10.0 Å². The summed E-state index contributed by atoms with van der Waals surface area (Å²) in [7, 11) is -3.11. The molecule has 0 saturated carbocycles. The average Bonchev–Trinajstić information content (AvgIpc) is 2.74. The summed E-state index contributed by atoms with van der Waals surface area (Å²) in [6.07, 6.45) is 2.56. The molecule has 0 aliphatic carbocycles. The minimum atomic E-state index is -3.11. The number of fused-ring (bicyclic) bond motifs is 1. The molecule has 20 heavy (non-hydrogen) atoms. The molecule has 0 spiro atoms. The standard InChI is InChI=1S/C13H19FN2O3S/c1-20(17,18)16-6-2-5-15-9-12-8-10-7-11(14)3-4-13(10)19-12/h3-4,7,12,15-16H,2,5-6,8-9H2,1H3. The summed E-state index contributed by atoms with van der Waals surface area (Å²) >= 11 is 0. The molecule has 2 N–H and O–H groups in total. The van der Waals surface area contributed by atoms with Gasteiger partial charge in [0.25, 0.3) is 0 Å². The first-order valence-corrected chi connectivity index (χ1v) is 8.43. The van der Waals surface area contributed by atoms with E-state index in [1.54, 1.807) is 6.07 Å². The molecule has 1 aliphatic heterocycles. The normalized spacial score (nSPS) is 17.8. The smallest absolute Gasteiger partial charge is 0.208 e. The van der Waals surface area contributed by atoms with Gasteiger partial charge in [0.2, 0.25) is 10.0 Å². The van der Waals surface area contributed by atoms with Crippen molar-refractivity contribution in [1.29, 1.82) is 0 Å². The molecule has 5 nitrogen and oxygen atoms in total. The Morgan fingerprint density at radius 3 is 2.95 bits per heavy atom. The second-order valence-electron chi connectivity index (χ2n) is 4.92. The molecule has 0 radical (unpaired) electrons. The van der Waals surface area contributed by atoms with Crippen molar-refractivity contribution in [3.63, 3.8) is 0 Å². The third-order valence-electron chi connectivity index (χ3n) is 3.03. The SMILES string of the molecule is CS(=O)(=O)NCCCNCC1Cc2cc(F)ccc2O1. The van der Waals surface area contributed by atoms with E-state index in [-0.39, 0.29) is 11.9 Å². The van der Waals surface area contributed by atoms with Gasteiger partial charge in [0.1, 0.15) is 17.7 Å². The molecule has 0 aromatic heterocycles. The molecule has 1 aliphatic rings. The number of nitrogens with one attached hydrogen (secondary N) is 2. The van der Waals surface area contributed by atoms with Crippen LogP contribution >= 0.6 is 0 Å². The van der Waals surface area contributed by atoms with E-state index in [0.717, 1.165) is 17.6 Å². The van der Waals surface area contributed by atoms with Crippen molar-refractivity contribution in [2.24, 2.45) is 0 Å². The zero-order chi connectivity index (χ0) is 14.6. The van der Waals surface area contributed by atoms with E-state index >= 15 is 0 Å². The first-order valence-electron chi connectivity index (χ1n) is 6.54. The molecular formula is C13H19FN2O3S. The Morgan fingerprint density at radius 2 is 2.20 bits per heavy atom. The topological polar surface area (TPSA) is 67.4 Å². The van der Waals surface area contributed by atoms with Gasteiger partial charge < -0.3 is 10.1 Å². The molecule has 0 fully saturated rings. The van der Waals surface area contributed by atoms with E-state index in [0.29, 0.717) is 32.5 Å². The van der Waals surface area contributed by atoms with Crippen LogP contribution in [0.15, 0.2) is 18.2 Å². The van der Waals surface area contributed by atoms with Gasteiger partial charge >= 0.3 is 0 Å². The lowest BCUT2D eigenvalue weighted by Crippen LogP contribution is -2.32. The van der Waals surface area contributed by atoms with Gasteiger partial charge in [-0.3, -0.25) is 0 Å². The molecule has 0 amide bonds. The van der Waals surface area contributed by atoms with E-state index in [1.165, 1.54) is 12.1 Å². The Kier molecular flexibility index (Phi) is 4.95. The number of ether oxygens (including phenoxy) is 1. The maximum Gasteiger partial charge on any atom is 0.208 e. The van der Waals surface area contributed by atoms with Crippen LogP contribution in [0, 0.1) is 5.82 Å². The van der Waals surface area contributed by atoms with E-state index in [9.17, 15) is 12.8 Å². The maximum absolute atomic E-state index is 13.0. The average molecular weight is 302 g/mol. The first kappa shape index (κ1) is 15.2. The molecule has 112 valence electrons. The highest BCUT2D eigenvalue weighted by Crippen LogP contribution is 2.28. The predicted octanol–water partition coefficient (Wildman–Crippen LogP) is 0.658. The highest BCUT2D eigenvalue weighted by atomic mass is 32.2. The minimum absolute atomic E-state index is 0.00895. The zero-order valence-electron chi connectivity index (χ0n) is 11.4. The number of benzene rings is 1. The molecule has 2 rings (SSSR count). The predicted molar refractivity (Wildman–Crippen MR) is 74.9 cm³/mol. The largest absolute Gasteiger partial charge is 0.488 e. The second-order valence-corrected chi connectivity index (χ2v) is 6.75. The lowest BCUT2D eigenvalue weighted by Gasteiger charge is -2.11. The van der Waals surface area contributed by atoms with E-state index in [1.807, 2.05) is 0 Å². The summed E-state index contributed by atoms with van der Waals surface area (Å²) in [4.78, 5) is 0. The highest BCUT2D eigenvalue weighted by molar-refractivity contribution is 7.88. The Morgan fingerprint density at radius 1 is 1.40 bits per heavy atom. The summed E-state index contributed by atoms with van der Waals surface area (Å²) in [5.74, 6) is 0.504. The van der Waals surface area contributed by atoms with Crippen molar-refractivity contribution in [3.8, 4) is 5.75 Å². The van der Waals surface area contributed by atoms with Gasteiger partial charge in [0, 0.05) is 25.1 Å². The van der Waals surface area contributed by atoms with E-state index in [4.69, 9.17) is 4.74 Å². The van der Waals surface area contributed by atoms with Gasteiger partial charge in [-0.05, 0) is 31.2 Å². The van der Waals surface area contributed by atoms with Crippen LogP contribution in [0.1, 0.15) is 12.0 Å². The molecule has 1 aromatic rings. The molecule has 1 aromatic carbocycles. The van der Waals surface area contributed by atoms with Crippen molar-refractivity contribution in [2.45, 2.75) is 18.9 Å². The van der Waals surface area contributed by atoms with Crippen LogP contribution in [0.25, 0.3) is 0 Å². The van der Waals surface area contributed by atoms with Crippen LogP contribution in [0.4, 0.5) is 4.39 Å². The summed E-state index contributed by atoms with van der Waals surface area (Å²) in [6.45, 7) is 1.78. The fraction of sp³-hybridized carbons (Fsp3) is 0.538. The summed E-state index contributed by atoms with van der Waals surface area (Å²) < 4.78 is 42.9. The van der Waals surface area contributed by atoms with Crippen LogP contribution in [0.3, 0.4) is 0 Å². The number of hydrogen-bond acceptors (Lipinski definition) is 4. The highest BCUT2D eigenvalue weighted by Gasteiger charge is 2.22. The van der Waals surface area contributed by atoms with Gasteiger partial charge in [-0.1, -0.05) is 0 Å². The lowest BCUT2D eigenvalue weighted by atomic mass is 10.1. The number of sulfonamides is 1. The van der Waals surface area contributed by atoms with Gasteiger partial charge in [0.15, 0.2) is 0 Å². The molecule has 0 saturated heterocycles. The summed E-state index contributed by atoms with van der Waals surface area (Å²) in [5, 5.41) is 3.21. The molecule has 7 heteroatoms. The molecule has 0 bridgehead atoms. The van der Waals surface area contributed by atoms with Crippen molar-refractivity contribution in [1.82, 2.24) is 10.0 Å². The Balaban J connectivity index is 1.63. The number of hydrogen-bond donors (Lipinski definition) is 2. The van der Waals surface area contributed by atoms with Crippen LogP contribution in [-0.4, -0.2) is 40.4 Å². The third kappa shape index (κ3) is 4.73. The van der Waals surface area contributed by atoms with Crippen LogP contribution in [0.2, 0.25) is 0 Å².